The van der Waals surface area contributed by atoms with Gasteiger partial charge in [0.1, 0.15) is 0 Å². The summed E-state index contributed by atoms with van der Waals surface area (Å²) in [5.74, 6) is 0.117. The lowest BCUT2D eigenvalue weighted by Gasteiger charge is -2.17. The lowest BCUT2D eigenvalue weighted by molar-refractivity contribution is -0.130. The fourth-order valence-electron chi connectivity index (χ4n) is 4.19. The molecule has 2 aromatic heterocycles. The summed E-state index contributed by atoms with van der Waals surface area (Å²) >= 11 is 0. The van der Waals surface area contributed by atoms with Gasteiger partial charge in [0, 0.05) is 54.4 Å². The SMILES string of the molecule is CN(Cc1cn(-c2ccccc2)nc1-c1ccccc1)C(=O)CCc1c[nH]c2ccccc12. The Labute approximate surface area is 193 Å². The molecule has 0 aliphatic heterocycles. The van der Waals surface area contributed by atoms with E-state index in [9.17, 15) is 4.79 Å². The molecule has 0 spiro atoms. The first kappa shape index (κ1) is 20.8. The molecule has 0 aliphatic carbocycles. The number of aromatic nitrogens is 3. The molecule has 0 bridgehead atoms. The molecule has 1 amide bonds. The van der Waals surface area contributed by atoms with Crippen molar-refractivity contribution in [3.8, 4) is 16.9 Å². The molecule has 1 N–H and O–H groups in total. The molecule has 5 rings (SSSR count). The molecule has 5 aromatic rings. The predicted molar refractivity (Wildman–Crippen MR) is 132 cm³/mol. The number of amides is 1. The summed E-state index contributed by atoms with van der Waals surface area (Å²) < 4.78 is 1.89. The Morgan fingerprint density at radius 3 is 2.39 bits per heavy atom. The Morgan fingerprint density at radius 2 is 1.61 bits per heavy atom. The first-order chi connectivity index (χ1) is 16.2. The Kier molecular flexibility index (Phi) is 5.77. The van der Waals surface area contributed by atoms with E-state index in [-0.39, 0.29) is 5.91 Å². The maximum absolute atomic E-state index is 13.0. The molecule has 0 saturated carbocycles. The maximum Gasteiger partial charge on any atom is 0.222 e. The number of carbonyl (C=O) groups excluding carboxylic acids is 1. The van der Waals surface area contributed by atoms with Gasteiger partial charge in [-0.25, -0.2) is 4.68 Å². The lowest BCUT2D eigenvalue weighted by atomic mass is 10.1. The number of nitrogens with one attached hydrogen (secondary N) is 1. The topological polar surface area (TPSA) is 53.9 Å². The van der Waals surface area contributed by atoms with Crippen molar-refractivity contribution in [1.82, 2.24) is 19.7 Å². The van der Waals surface area contributed by atoms with E-state index >= 15 is 0 Å². The van der Waals surface area contributed by atoms with Gasteiger partial charge in [-0.05, 0) is 30.2 Å². The number of rotatable bonds is 7. The molecule has 0 atom stereocenters. The van der Waals surface area contributed by atoms with E-state index in [4.69, 9.17) is 5.10 Å². The molecular weight excluding hydrogens is 408 g/mol. The number of para-hydroxylation sites is 2. The van der Waals surface area contributed by atoms with Crippen molar-refractivity contribution < 1.29 is 4.79 Å². The van der Waals surface area contributed by atoms with Crippen LogP contribution in [0, 0.1) is 0 Å². The van der Waals surface area contributed by atoms with Gasteiger partial charge in [-0.15, -0.1) is 0 Å². The number of benzene rings is 3. The summed E-state index contributed by atoms with van der Waals surface area (Å²) in [5, 5.41) is 6.04. The largest absolute Gasteiger partial charge is 0.361 e. The summed E-state index contributed by atoms with van der Waals surface area (Å²) in [6.07, 6.45) is 5.21. The van der Waals surface area contributed by atoms with E-state index in [1.807, 2.05) is 84.8 Å². The Morgan fingerprint density at radius 1 is 0.909 bits per heavy atom. The quantitative estimate of drug-likeness (QED) is 0.362. The molecule has 164 valence electrons. The standard InChI is InChI=1S/C28H26N4O/c1-31(27(33)17-16-22-18-29-26-15-9-8-14-25(22)26)19-23-20-32(24-12-6-3-7-13-24)30-28(23)21-10-4-2-5-11-21/h2-15,18,20,29H,16-17,19H2,1H3. The summed E-state index contributed by atoms with van der Waals surface area (Å²) in [4.78, 5) is 18.1. The van der Waals surface area contributed by atoms with Crippen LogP contribution in [0.3, 0.4) is 0 Å². The van der Waals surface area contributed by atoms with Gasteiger partial charge in [0.15, 0.2) is 0 Å². The molecular formula is C28H26N4O. The van der Waals surface area contributed by atoms with Gasteiger partial charge >= 0.3 is 0 Å². The number of hydrogen-bond donors (Lipinski definition) is 1. The average Bonchev–Trinajstić information content (AvgIpc) is 3.48. The molecule has 0 aliphatic rings. The van der Waals surface area contributed by atoms with Crippen LogP contribution in [0.4, 0.5) is 0 Å². The van der Waals surface area contributed by atoms with Crippen LogP contribution >= 0.6 is 0 Å². The minimum absolute atomic E-state index is 0.117. The summed E-state index contributed by atoms with van der Waals surface area (Å²) in [5.41, 5.74) is 6.24. The third kappa shape index (κ3) is 4.44. The zero-order valence-corrected chi connectivity index (χ0v) is 18.6. The fraction of sp³-hybridized carbons (Fsp3) is 0.143. The lowest BCUT2D eigenvalue weighted by Crippen LogP contribution is -2.26. The van der Waals surface area contributed by atoms with Crippen molar-refractivity contribution in [3.63, 3.8) is 0 Å². The molecule has 0 saturated heterocycles. The molecule has 33 heavy (non-hydrogen) atoms. The maximum atomic E-state index is 13.0. The minimum Gasteiger partial charge on any atom is -0.361 e. The molecule has 0 unspecified atom stereocenters. The second kappa shape index (κ2) is 9.17. The number of nitrogens with zero attached hydrogens (tertiary/aromatic N) is 3. The number of fused-ring (bicyclic) bond motifs is 1. The molecule has 5 nitrogen and oxygen atoms in total. The van der Waals surface area contributed by atoms with Crippen LogP contribution in [0.5, 0.6) is 0 Å². The highest BCUT2D eigenvalue weighted by Gasteiger charge is 2.17. The number of aromatic amines is 1. The first-order valence-corrected chi connectivity index (χ1v) is 11.2. The third-order valence-electron chi connectivity index (χ3n) is 5.97. The van der Waals surface area contributed by atoms with E-state index in [2.05, 4.69) is 29.2 Å². The van der Waals surface area contributed by atoms with Crippen molar-refractivity contribution >= 4 is 16.8 Å². The minimum atomic E-state index is 0.117. The number of aryl methyl sites for hydroxylation is 1. The van der Waals surface area contributed by atoms with Crippen LogP contribution in [0.25, 0.3) is 27.8 Å². The van der Waals surface area contributed by atoms with Gasteiger partial charge in [-0.3, -0.25) is 4.79 Å². The van der Waals surface area contributed by atoms with E-state index in [0.717, 1.165) is 28.0 Å². The van der Waals surface area contributed by atoms with Gasteiger partial charge in [-0.2, -0.15) is 5.10 Å². The molecule has 0 fully saturated rings. The second-order valence-corrected chi connectivity index (χ2v) is 8.26. The van der Waals surface area contributed by atoms with Gasteiger partial charge in [0.25, 0.3) is 0 Å². The highest BCUT2D eigenvalue weighted by molar-refractivity contribution is 5.84. The second-order valence-electron chi connectivity index (χ2n) is 8.26. The summed E-state index contributed by atoms with van der Waals surface area (Å²) in [6.45, 7) is 0.504. The third-order valence-corrected chi connectivity index (χ3v) is 5.97. The predicted octanol–water partition coefficient (Wildman–Crippen LogP) is 5.61. The van der Waals surface area contributed by atoms with Crippen LogP contribution in [0.1, 0.15) is 17.5 Å². The van der Waals surface area contributed by atoms with Crippen LogP contribution in [-0.4, -0.2) is 32.6 Å². The van der Waals surface area contributed by atoms with Crippen molar-refractivity contribution in [3.05, 3.63) is 108 Å². The van der Waals surface area contributed by atoms with Gasteiger partial charge in [-0.1, -0.05) is 66.7 Å². The molecule has 2 heterocycles. The van der Waals surface area contributed by atoms with Crippen molar-refractivity contribution in [1.29, 1.82) is 0 Å². The zero-order valence-electron chi connectivity index (χ0n) is 18.6. The van der Waals surface area contributed by atoms with Crippen LogP contribution in [0.15, 0.2) is 97.3 Å². The Hall–Kier alpha value is -4.12. The van der Waals surface area contributed by atoms with E-state index in [0.29, 0.717) is 19.4 Å². The van der Waals surface area contributed by atoms with E-state index < -0.39 is 0 Å². The summed E-state index contributed by atoms with van der Waals surface area (Å²) in [6, 6.07) is 28.4. The van der Waals surface area contributed by atoms with Gasteiger partial charge in [0.2, 0.25) is 5.91 Å². The Balaban J connectivity index is 1.35. The van der Waals surface area contributed by atoms with Crippen molar-refractivity contribution in [2.45, 2.75) is 19.4 Å². The van der Waals surface area contributed by atoms with Crippen LogP contribution in [-0.2, 0) is 17.8 Å². The van der Waals surface area contributed by atoms with Gasteiger partial charge < -0.3 is 9.88 Å². The molecule has 5 heteroatoms. The summed E-state index contributed by atoms with van der Waals surface area (Å²) in [7, 11) is 1.87. The number of H-pyrrole nitrogens is 1. The Bertz CT molecular complexity index is 1370. The average molecular weight is 435 g/mol. The highest BCUT2D eigenvalue weighted by atomic mass is 16.2. The fourth-order valence-corrected chi connectivity index (χ4v) is 4.19. The van der Waals surface area contributed by atoms with Gasteiger partial charge in [0.05, 0.1) is 11.4 Å². The van der Waals surface area contributed by atoms with Crippen LogP contribution in [0.2, 0.25) is 0 Å². The van der Waals surface area contributed by atoms with Crippen LogP contribution < -0.4 is 0 Å². The number of carbonyl (C=O) groups is 1. The van der Waals surface area contributed by atoms with E-state index in [1.165, 1.54) is 10.9 Å². The van der Waals surface area contributed by atoms with Crippen molar-refractivity contribution in [2.24, 2.45) is 0 Å². The molecule has 3 aromatic carbocycles. The van der Waals surface area contributed by atoms with Crippen molar-refractivity contribution in [2.75, 3.05) is 7.05 Å². The first-order valence-electron chi connectivity index (χ1n) is 11.2. The number of hydrogen-bond acceptors (Lipinski definition) is 2. The molecule has 0 radical (unpaired) electrons. The normalized spacial score (nSPS) is 11.1. The highest BCUT2D eigenvalue weighted by Crippen LogP contribution is 2.25. The zero-order chi connectivity index (χ0) is 22.6. The van der Waals surface area contributed by atoms with E-state index in [1.54, 1.807) is 4.90 Å². The monoisotopic (exact) mass is 434 g/mol. The smallest absolute Gasteiger partial charge is 0.222 e.